The maximum Gasteiger partial charge on any atom is 0.416 e. The summed E-state index contributed by atoms with van der Waals surface area (Å²) in [6.45, 7) is 0.818. The van der Waals surface area contributed by atoms with Crippen LogP contribution in [0.1, 0.15) is 40.4 Å². The molecule has 1 amide bonds. The number of nitrogens with zero attached hydrogens (tertiary/aromatic N) is 3. The number of carbonyl (C=O) groups is 1. The molecule has 0 radical (unpaired) electrons. The van der Waals surface area contributed by atoms with Gasteiger partial charge in [-0.1, -0.05) is 18.2 Å². The van der Waals surface area contributed by atoms with Gasteiger partial charge in [0.2, 0.25) is 0 Å². The molecule has 0 unspecified atom stereocenters. The molecule has 1 aromatic heterocycles. The van der Waals surface area contributed by atoms with Crippen molar-refractivity contribution in [3.63, 3.8) is 0 Å². The fraction of sp³-hybridized carbons (Fsp3) is 0.353. The molecule has 1 saturated heterocycles. The van der Waals surface area contributed by atoms with Crippen molar-refractivity contribution in [2.24, 2.45) is 0 Å². The molecule has 126 valence electrons. The van der Waals surface area contributed by atoms with Crippen molar-refractivity contribution in [2.75, 3.05) is 13.1 Å². The number of carbonyl (C=O) groups excluding carboxylic acids is 1. The molecule has 1 aromatic carbocycles. The maximum absolute atomic E-state index is 13.1. The fourth-order valence-corrected chi connectivity index (χ4v) is 3.08. The van der Waals surface area contributed by atoms with Gasteiger partial charge in [-0.2, -0.15) is 18.3 Å². The van der Waals surface area contributed by atoms with E-state index in [1.807, 2.05) is 0 Å². The van der Waals surface area contributed by atoms with Crippen molar-refractivity contribution in [3.8, 4) is 0 Å². The molecule has 0 spiro atoms. The molecule has 0 N–H and O–H groups in total. The largest absolute Gasteiger partial charge is 0.416 e. The first-order valence-corrected chi connectivity index (χ1v) is 7.70. The Morgan fingerprint density at radius 2 is 1.79 bits per heavy atom. The molecule has 1 aliphatic rings. The number of hydrogen-bond donors (Lipinski definition) is 0. The molecular weight excluding hydrogens is 319 g/mol. The number of benzene rings is 1. The predicted molar refractivity (Wildman–Crippen MR) is 81.4 cm³/mol. The molecule has 2 heterocycles. The number of rotatable bonds is 2. The maximum atomic E-state index is 13.1. The van der Waals surface area contributed by atoms with Crippen LogP contribution in [0.2, 0.25) is 0 Å². The van der Waals surface area contributed by atoms with Gasteiger partial charge in [-0.25, -0.2) is 0 Å². The van der Waals surface area contributed by atoms with E-state index in [-0.39, 0.29) is 17.5 Å². The number of likely N-dealkylation sites (tertiary alicyclic amines) is 1. The normalized spacial score (nSPS) is 16.2. The van der Waals surface area contributed by atoms with Gasteiger partial charge in [0.05, 0.1) is 5.56 Å². The summed E-state index contributed by atoms with van der Waals surface area (Å²) in [4.78, 5) is 13.9. The van der Waals surface area contributed by atoms with E-state index < -0.39 is 11.7 Å². The first-order valence-electron chi connectivity index (χ1n) is 7.70. The number of amides is 1. The van der Waals surface area contributed by atoms with Crippen LogP contribution in [0, 0.1) is 0 Å². The van der Waals surface area contributed by atoms with Crippen LogP contribution in [-0.2, 0) is 6.18 Å². The Hall–Kier alpha value is -2.44. The van der Waals surface area contributed by atoms with E-state index in [1.165, 1.54) is 18.3 Å². The minimum Gasteiger partial charge on any atom is -0.337 e. The lowest BCUT2D eigenvalue weighted by molar-refractivity contribution is -0.138. The summed E-state index contributed by atoms with van der Waals surface area (Å²) in [5.74, 6) is -0.431. The standard InChI is InChI=1S/C17H16F3N3O/c18-17(19,20)14-5-2-1-4-13(14)12-7-10-23(11-8-12)16(24)15-6-3-9-21-22-15/h1-6,9,12H,7-8,10-11H2. The second kappa shape index (κ2) is 6.59. The van der Waals surface area contributed by atoms with Gasteiger partial charge in [-0.3, -0.25) is 4.79 Å². The third kappa shape index (κ3) is 3.39. The number of piperidine rings is 1. The zero-order chi connectivity index (χ0) is 17.2. The first kappa shape index (κ1) is 16.4. The van der Waals surface area contributed by atoms with Crippen molar-refractivity contribution in [3.05, 3.63) is 59.4 Å². The van der Waals surface area contributed by atoms with Crippen LogP contribution in [0.25, 0.3) is 0 Å². The SMILES string of the molecule is O=C(c1cccnn1)N1CCC(c2ccccc2C(F)(F)F)CC1. The van der Waals surface area contributed by atoms with Crippen LogP contribution in [0.4, 0.5) is 13.2 Å². The quantitative estimate of drug-likeness (QED) is 0.844. The molecule has 1 aliphatic heterocycles. The minimum absolute atomic E-state index is 0.200. The van der Waals surface area contributed by atoms with E-state index in [2.05, 4.69) is 10.2 Å². The predicted octanol–water partition coefficient (Wildman–Crippen LogP) is 3.52. The lowest BCUT2D eigenvalue weighted by Gasteiger charge is -2.33. The van der Waals surface area contributed by atoms with Crippen LogP contribution in [0.3, 0.4) is 0 Å². The van der Waals surface area contributed by atoms with E-state index >= 15 is 0 Å². The van der Waals surface area contributed by atoms with E-state index in [0.29, 0.717) is 31.5 Å². The summed E-state index contributed by atoms with van der Waals surface area (Å²) in [7, 11) is 0. The monoisotopic (exact) mass is 335 g/mol. The molecule has 3 rings (SSSR count). The Bertz CT molecular complexity index is 711. The van der Waals surface area contributed by atoms with Crippen molar-refractivity contribution in [1.29, 1.82) is 0 Å². The highest BCUT2D eigenvalue weighted by atomic mass is 19.4. The third-order valence-corrected chi connectivity index (χ3v) is 4.28. The minimum atomic E-state index is -4.36. The van der Waals surface area contributed by atoms with Crippen LogP contribution in [0.5, 0.6) is 0 Å². The van der Waals surface area contributed by atoms with Gasteiger partial charge < -0.3 is 4.90 Å². The van der Waals surface area contributed by atoms with Gasteiger partial charge in [0.15, 0.2) is 5.69 Å². The van der Waals surface area contributed by atoms with Gasteiger partial charge in [0.1, 0.15) is 0 Å². The van der Waals surface area contributed by atoms with Crippen molar-refractivity contribution in [2.45, 2.75) is 24.9 Å². The number of aromatic nitrogens is 2. The summed E-state index contributed by atoms with van der Waals surface area (Å²) >= 11 is 0. The average Bonchev–Trinajstić information content (AvgIpc) is 2.61. The zero-order valence-electron chi connectivity index (χ0n) is 12.8. The highest BCUT2D eigenvalue weighted by Gasteiger charge is 2.36. The van der Waals surface area contributed by atoms with E-state index in [0.717, 1.165) is 6.07 Å². The smallest absolute Gasteiger partial charge is 0.337 e. The summed E-state index contributed by atoms with van der Waals surface area (Å²) in [5.41, 5.74) is -0.00746. The average molecular weight is 335 g/mol. The Labute approximate surface area is 137 Å². The second-order valence-corrected chi connectivity index (χ2v) is 5.76. The second-order valence-electron chi connectivity index (χ2n) is 5.76. The Kier molecular flexibility index (Phi) is 4.51. The van der Waals surface area contributed by atoms with Gasteiger partial charge >= 0.3 is 6.18 Å². The third-order valence-electron chi connectivity index (χ3n) is 4.28. The number of hydrogen-bond acceptors (Lipinski definition) is 3. The van der Waals surface area contributed by atoms with Gasteiger partial charge in [-0.05, 0) is 42.5 Å². The Morgan fingerprint density at radius 1 is 1.08 bits per heavy atom. The zero-order valence-corrected chi connectivity index (χ0v) is 12.8. The lowest BCUT2D eigenvalue weighted by Crippen LogP contribution is -2.38. The van der Waals surface area contributed by atoms with Crippen molar-refractivity contribution >= 4 is 5.91 Å². The Balaban J connectivity index is 1.71. The molecule has 24 heavy (non-hydrogen) atoms. The van der Waals surface area contributed by atoms with Gasteiger partial charge in [0.25, 0.3) is 5.91 Å². The molecule has 0 aliphatic carbocycles. The van der Waals surface area contributed by atoms with E-state index in [4.69, 9.17) is 0 Å². The molecule has 0 atom stereocenters. The molecule has 4 nitrogen and oxygen atoms in total. The van der Waals surface area contributed by atoms with Crippen LogP contribution >= 0.6 is 0 Å². The highest BCUT2D eigenvalue weighted by Crippen LogP contribution is 2.38. The molecule has 0 saturated carbocycles. The van der Waals surface area contributed by atoms with Crippen LogP contribution in [0.15, 0.2) is 42.6 Å². The van der Waals surface area contributed by atoms with Crippen LogP contribution in [-0.4, -0.2) is 34.1 Å². The summed E-state index contributed by atoms with van der Waals surface area (Å²) < 4.78 is 39.4. The highest BCUT2D eigenvalue weighted by molar-refractivity contribution is 5.92. The van der Waals surface area contributed by atoms with Crippen molar-refractivity contribution in [1.82, 2.24) is 15.1 Å². The molecule has 2 aromatic rings. The Morgan fingerprint density at radius 3 is 2.42 bits per heavy atom. The van der Waals surface area contributed by atoms with Crippen molar-refractivity contribution < 1.29 is 18.0 Å². The summed E-state index contributed by atoms with van der Waals surface area (Å²) in [6, 6.07) is 8.90. The molecule has 0 bridgehead atoms. The number of alkyl halides is 3. The van der Waals surface area contributed by atoms with E-state index in [9.17, 15) is 18.0 Å². The van der Waals surface area contributed by atoms with E-state index in [1.54, 1.807) is 23.1 Å². The molecule has 7 heteroatoms. The summed E-state index contributed by atoms with van der Waals surface area (Å²) in [5, 5.41) is 7.47. The summed E-state index contributed by atoms with van der Waals surface area (Å²) in [6.07, 6.45) is -1.88. The number of halogens is 3. The van der Waals surface area contributed by atoms with Gasteiger partial charge in [-0.15, -0.1) is 5.10 Å². The molecule has 1 fully saturated rings. The van der Waals surface area contributed by atoms with Gasteiger partial charge in [0, 0.05) is 19.3 Å². The fourth-order valence-electron chi connectivity index (χ4n) is 3.08. The lowest BCUT2D eigenvalue weighted by atomic mass is 9.86. The topological polar surface area (TPSA) is 46.1 Å². The van der Waals surface area contributed by atoms with Crippen LogP contribution < -0.4 is 0 Å². The molecular formula is C17H16F3N3O. The first-order chi connectivity index (χ1) is 11.5.